The fraction of sp³-hybridized carbons (Fsp3) is 0.0357. The number of rotatable bonds is 4. The molecular weight excluding hydrogens is 398 g/mol. The smallest absolute Gasteiger partial charge is 0.182 e. The summed E-state index contributed by atoms with van der Waals surface area (Å²) >= 11 is 0. The number of Topliss-reactive ketones (excluding diaryl/α,β-unsaturated/α-hetero) is 2. The van der Waals surface area contributed by atoms with Crippen LogP contribution in [0, 0.1) is 0 Å². The Morgan fingerprint density at radius 2 is 1.00 bits per heavy atom. The maximum absolute atomic E-state index is 12.8. The molecule has 0 aromatic heterocycles. The van der Waals surface area contributed by atoms with Gasteiger partial charge in [-0.25, -0.2) is 0 Å². The molecule has 0 aliphatic heterocycles. The highest BCUT2D eigenvalue weighted by Gasteiger charge is 2.46. The molecule has 32 heavy (non-hydrogen) atoms. The van der Waals surface area contributed by atoms with E-state index in [4.69, 9.17) is 0 Å². The van der Waals surface area contributed by atoms with Gasteiger partial charge in [-0.3, -0.25) is 14.4 Å². The van der Waals surface area contributed by atoms with E-state index in [-0.39, 0.29) is 22.9 Å². The lowest BCUT2D eigenvalue weighted by Crippen LogP contribution is -2.39. The lowest BCUT2D eigenvalue weighted by molar-refractivity contribution is -0.133. The third kappa shape index (κ3) is 3.42. The molecule has 0 N–H and O–H groups in total. The predicted octanol–water partition coefficient (Wildman–Crippen LogP) is 5.38. The van der Waals surface area contributed by atoms with Crippen LogP contribution in [0.1, 0.15) is 11.5 Å². The minimum atomic E-state index is -0.784. The Kier molecular flexibility index (Phi) is 4.96. The van der Waals surface area contributed by atoms with Crippen molar-refractivity contribution in [3.8, 4) is 0 Å². The van der Waals surface area contributed by atoms with Crippen molar-refractivity contribution < 1.29 is 14.4 Å². The summed E-state index contributed by atoms with van der Waals surface area (Å²) in [5, 5.41) is 0. The fourth-order valence-electron chi connectivity index (χ4n) is 4.08. The highest BCUT2D eigenvalue weighted by molar-refractivity contribution is 6.42. The largest absolute Gasteiger partial charge is 0.311 e. The van der Waals surface area contributed by atoms with Crippen molar-refractivity contribution in [3.63, 3.8) is 0 Å². The van der Waals surface area contributed by atoms with Crippen LogP contribution in [0.5, 0.6) is 0 Å². The lowest BCUT2D eigenvalue weighted by Gasteiger charge is -2.29. The highest BCUT2D eigenvalue weighted by atomic mass is 16.2. The van der Waals surface area contributed by atoms with E-state index < -0.39 is 5.92 Å². The minimum Gasteiger partial charge on any atom is -0.311 e. The number of nitrogens with zero attached hydrogens (tertiary/aromatic N) is 1. The SMILES string of the molecule is O=C1C=CC(=C2C(=O)C(c3ccc(N(c4ccccc4)c4ccccc4)cc3)C2=O)C=C1. The van der Waals surface area contributed by atoms with Crippen LogP contribution in [-0.4, -0.2) is 17.3 Å². The maximum atomic E-state index is 12.8. The van der Waals surface area contributed by atoms with Gasteiger partial charge in [-0.15, -0.1) is 0 Å². The zero-order valence-electron chi connectivity index (χ0n) is 17.1. The van der Waals surface area contributed by atoms with Crippen molar-refractivity contribution in [2.75, 3.05) is 4.90 Å². The summed E-state index contributed by atoms with van der Waals surface area (Å²) in [4.78, 5) is 39.0. The van der Waals surface area contributed by atoms with E-state index in [0.29, 0.717) is 11.1 Å². The van der Waals surface area contributed by atoms with Crippen molar-refractivity contribution in [1.82, 2.24) is 0 Å². The first-order chi connectivity index (χ1) is 15.6. The molecule has 3 aromatic rings. The Hall–Kier alpha value is -4.31. The molecular formula is C28H19NO3. The molecule has 4 heteroatoms. The molecule has 5 rings (SSSR count). The predicted molar refractivity (Wildman–Crippen MR) is 124 cm³/mol. The summed E-state index contributed by atoms with van der Waals surface area (Å²) in [6, 6.07) is 27.6. The topological polar surface area (TPSA) is 54.5 Å². The second-order valence-electron chi connectivity index (χ2n) is 7.66. The molecule has 4 nitrogen and oxygen atoms in total. The van der Waals surface area contributed by atoms with Gasteiger partial charge in [-0.2, -0.15) is 0 Å². The van der Waals surface area contributed by atoms with Crippen LogP contribution in [0.4, 0.5) is 17.1 Å². The molecule has 0 heterocycles. The second-order valence-corrected chi connectivity index (χ2v) is 7.66. The van der Waals surface area contributed by atoms with Crippen LogP contribution in [-0.2, 0) is 14.4 Å². The van der Waals surface area contributed by atoms with Crippen molar-refractivity contribution >= 4 is 34.4 Å². The van der Waals surface area contributed by atoms with Gasteiger partial charge in [0.25, 0.3) is 0 Å². The highest BCUT2D eigenvalue weighted by Crippen LogP contribution is 2.39. The van der Waals surface area contributed by atoms with Crippen molar-refractivity contribution in [1.29, 1.82) is 0 Å². The van der Waals surface area contributed by atoms with Crippen molar-refractivity contribution in [3.05, 3.63) is 126 Å². The summed E-state index contributed by atoms with van der Waals surface area (Å²) in [5.41, 5.74) is 4.31. The van der Waals surface area contributed by atoms with E-state index in [2.05, 4.69) is 4.90 Å². The van der Waals surface area contributed by atoms with Gasteiger partial charge < -0.3 is 4.90 Å². The summed E-state index contributed by atoms with van der Waals surface area (Å²) in [6.45, 7) is 0. The van der Waals surface area contributed by atoms with E-state index in [1.54, 1.807) is 0 Å². The molecule has 0 unspecified atom stereocenters. The van der Waals surface area contributed by atoms with Gasteiger partial charge in [0.1, 0.15) is 5.92 Å². The molecule has 0 atom stereocenters. The number of hydrogen-bond acceptors (Lipinski definition) is 4. The van der Waals surface area contributed by atoms with Crippen LogP contribution in [0.3, 0.4) is 0 Å². The van der Waals surface area contributed by atoms with Crippen LogP contribution in [0.2, 0.25) is 0 Å². The molecule has 0 amide bonds. The average Bonchev–Trinajstić information content (AvgIpc) is 2.83. The van der Waals surface area contributed by atoms with Crippen molar-refractivity contribution in [2.45, 2.75) is 5.92 Å². The van der Waals surface area contributed by atoms with E-state index in [0.717, 1.165) is 17.1 Å². The summed E-state index contributed by atoms with van der Waals surface area (Å²) in [5.74, 6) is -1.34. The Morgan fingerprint density at radius 1 is 0.531 bits per heavy atom. The first kappa shape index (κ1) is 19.6. The Bertz CT molecular complexity index is 1220. The van der Waals surface area contributed by atoms with Gasteiger partial charge in [0.05, 0.1) is 5.57 Å². The number of carbonyl (C=O) groups excluding carboxylic acids is 3. The molecule has 2 aliphatic rings. The monoisotopic (exact) mass is 417 g/mol. The molecule has 2 aliphatic carbocycles. The van der Waals surface area contributed by atoms with E-state index in [9.17, 15) is 14.4 Å². The molecule has 0 saturated heterocycles. The standard InChI is InChI=1S/C28H19NO3/c30-24-17-13-20(14-18-24)26-27(31)25(28(26)32)19-11-15-23(16-12-19)29(21-7-3-1-4-8-21)22-9-5-2-6-10-22/h1-18,25H. The number of benzene rings is 3. The molecule has 154 valence electrons. The first-order valence-electron chi connectivity index (χ1n) is 10.4. The Morgan fingerprint density at radius 3 is 1.50 bits per heavy atom. The molecule has 1 fully saturated rings. The third-order valence-corrected chi connectivity index (χ3v) is 5.67. The van der Waals surface area contributed by atoms with E-state index in [1.807, 2.05) is 84.9 Å². The van der Waals surface area contributed by atoms with Gasteiger partial charge in [0.2, 0.25) is 0 Å². The van der Waals surface area contributed by atoms with E-state index in [1.165, 1.54) is 24.3 Å². The molecule has 3 aromatic carbocycles. The Labute approximate surface area is 185 Å². The maximum Gasteiger partial charge on any atom is 0.182 e. The molecule has 0 radical (unpaired) electrons. The number of hydrogen-bond donors (Lipinski definition) is 0. The normalized spacial score (nSPS) is 17.5. The lowest BCUT2D eigenvalue weighted by atomic mass is 9.70. The van der Waals surface area contributed by atoms with Crippen molar-refractivity contribution in [2.24, 2.45) is 0 Å². The fourth-order valence-corrected chi connectivity index (χ4v) is 4.08. The van der Waals surface area contributed by atoms with Crippen LogP contribution < -0.4 is 4.90 Å². The zero-order chi connectivity index (χ0) is 22.1. The van der Waals surface area contributed by atoms with Crippen LogP contribution in [0.15, 0.2) is 120 Å². The number of allylic oxidation sites excluding steroid dienone is 6. The second kappa shape index (κ2) is 8.08. The van der Waals surface area contributed by atoms with Gasteiger partial charge in [0.15, 0.2) is 17.3 Å². The first-order valence-corrected chi connectivity index (χ1v) is 10.4. The number of anilines is 3. The van der Waals surface area contributed by atoms with Gasteiger partial charge in [0, 0.05) is 17.1 Å². The van der Waals surface area contributed by atoms with E-state index >= 15 is 0 Å². The van der Waals surface area contributed by atoms with Gasteiger partial charge in [-0.05, 0) is 59.7 Å². The average molecular weight is 417 g/mol. The summed E-state index contributed by atoms with van der Waals surface area (Å²) in [7, 11) is 0. The number of ketones is 3. The third-order valence-electron chi connectivity index (χ3n) is 5.67. The quantitative estimate of drug-likeness (QED) is 0.325. The Balaban J connectivity index is 1.45. The number of para-hydroxylation sites is 2. The minimum absolute atomic E-state index is 0.151. The summed E-state index contributed by atoms with van der Waals surface area (Å²) in [6.07, 6.45) is 5.80. The van der Waals surface area contributed by atoms with Gasteiger partial charge in [-0.1, -0.05) is 60.7 Å². The van der Waals surface area contributed by atoms with Crippen LogP contribution in [0.25, 0.3) is 0 Å². The molecule has 0 bridgehead atoms. The summed E-state index contributed by atoms with van der Waals surface area (Å²) < 4.78 is 0. The molecule has 0 spiro atoms. The van der Waals surface area contributed by atoms with Gasteiger partial charge >= 0.3 is 0 Å². The number of carbonyl (C=O) groups is 3. The zero-order valence-corrected chi connectivity index (χ0v) is 17.1. The molecule has 1 saturated carbocycles. The van der Waals surface area contributed by atoms with Crippen LogP contribution >= 0.6 is 0 Å².